The molecular weight excluding hydrogens is 262 g/mol. The van der Waals surface area contributed by atoms with Crippen LogP contribution in [0.2, 0.25) is 0 Å². The van der Waals surface area contributed by atoms with E-state index in [4.69, 9.17) is 5.73 Å². The van der Waals surface area contributed by atoms with E-state index in [1.807, 2.05) is 17.0 Å². The maximum atomic E-state index is 11.4. The summed E-state index contributed by atoms with van der Waals surface area (Å²) in [6, 6.07) is 8.29. The third-order valence-corrected chi connectivity index (χ3v) is 3.70. The second-order valence-corrected chi connectivity index (χ2v) is 5.34. The Morgan fingerprint density at radius 3 is 2.90 bits per heavy atom. The molecule has 0 saturated carbocycles. The highest BCUT2D eigenvalue weighted by Gasteiger charge is 2.16. The molecule has 0 atom stereocenters. The zero-order chi connectivity index (χ0) is 15.1. The van der Waals surface area contributed by atoms with Crippen molar-refractivity contribution in [2.24, 2.45) is 5.73 Å². The van der Waals surface area contributed by atoms with Crippen molar-refractivity contribution < 1.29 is 4.79 Å². The van der Waals surface area contributed by atoms with Gasteiger partial charge in [0, 0.05) is 45.2 Å². The van der Waals surface area contributed by atoms with Gasteiger partial charge < -0.3 is 10.6 Å². The van der Waals surface area contributed by atoms with Crippen LogP contribution in [0.25, 0.3) is 0 Å². The van der Waals surface area contributed by atoms with E-state index in [0.717, 1.165) is 44.7 Å². The second-order valence-electron chi connectivity index (χ2n) is 5.34. The Morgan fingerprint density at radius 2 is 2.14 bits per heavy atom. The Labute approximate surface area is 126 Å². The van der Waals surface area contributed by atoms with E-state index >= 15 is 0 Å². The third-order valence-electron chi connectivity index (χ3n) is 3.70. The number of carbonyl (C=O) groups excluding carboxylic acids is 1. The lowest BCUT2D eigenvalue weighted by atomic mass is 10.1. The molecule has 0 bridgehead atoms. The van der Waals surface area contributed by atoms with E-state index in [0.29, 0.717) is 6.54 Å². The SMILES string of the molecule is CC(=O)N1CCCN(Cc2cccc(C#CCN)c2)CC1. The van der Waals surface area contributed by atoms with Crippen LogP contribution in [0, 0.1) is 11.8 Å². The van der Waals surface area contributed by atoms with Crippen molar-refractivity contribution in [2.45, 2.75) is 19.9 Å². The minimum absolute atomic E-state index is 0.177. The number of hydrogen-bond acceptors (Lipinski definition) is 3. The summed E-state index contributed by atoms with van der Waals surface area (Å²) in [6.45, 7) is 6.59. The number of benzene rings is 1. The lowest BCUT2D eigenvalue weighted by Gasteiger charge is -2.21. The summed E-state index contributed by atoms with van der Waals surface area (Å²) in [5.74, 6) is 6.13. The maximum Gasteiger partial charge on any atom is 0.219 e. The highest BCUT2D eigenvalue weighted by atomic mass is 16.2. The van der Waals surface area contributed by atoms with Gasteiger partial charge in [0.25, 0.3) is 0 Å². The fraction of sp³-hybridized carbons (Fsp3) is 0.471. The molecule has 0 unspecified atom stereocenters. The van der Waals surface area contributed by atoms with Crippen molar-refractivity contribution in [1.82, 2.24) is 9.80 Å². The first-order chi connectivity index (χ1) is 10.2. The quantitative estimate of drug-likeness (QED) is 0.826. The van der Waals surface area contributed by atoms with Crippen LogP contribution in [0.5, 0.6) is 0 Å². The molecule has 1 saturated heterocycles. The van der Waals surface area contributed by atoms with Gasteiger partial charge in [0.1, 0.15) is 0 Å². The summed E-state index contributed by atoms with van der Waals surface area (Å²) in [5.41, 5.74) is 7.68. The average Bonchev–Trinajstić information content (AvgIpc) is 2.71. The van der Waals surface area contributed by atoms with Gasteiger partial charge in [-0.2, -0.15) is 0 Å². The Balaban J connectivity index is 1.96. The first kappa shape index (κ1) is 15.6. The predicted octanol–water partition coefficient (Wildman–Crippen LogP) is 1.05. The Hall–Kier alpha value is -1.83. The van der Waals surface area contributed by atoms with Crippen molar-refractivity contribution in [3.05, 3.63) is 35.4 Å². The zero-order valence-corrected chi connectivity index (χ0v) is 12.6. The molecular formula is C17H23N3O. The minimum atomic E-state index is 0.177. The topological polar surface area (TPSA) is 49.6 Å². The van der Waals surface area contributed by atoms with Crippen LogP contribution in [-0.2, 0) is 11.3 Å². The molecule has 4 nitrogen and oxygen atoms in total. The van der Waals surface area contributed by atoms with Crippen LogP contribution in [0.4, 0.5) is 0 Å². The van der Waals surface area contributed by atoms with E-state index in [-0.39, 0.29) is 5.91 Å². The summed E-state index contributed by atoms with van der Waals surface area (Å²) < 4.78 is 0. The fourth-order valence-corrected chi connectivity index (χ4v) is 2.60. The monoisotopic (exact) mass is 285 g/mol. The molecule has 112 valence electrons. The van der Waals surface area contributed by atoms with Crippen molar-refractivity contribution >= 4 is 5.91 Å². The fourth-order valence-electron chi connectivity index (χ4n) is 2.60. The Kier molecular flexibility index (Phi) is 5.79. The van der Waals surface area contributed by atoms with Gasteiger partial charge in [-0.1, -0.05) is 24.0 Å². The van der Waals surface area contributed by atoms with E-state index in [1.165, 1.54) is 5.56 Å². The predicted molar refractivity (Wildman–Crippen MR) is 84.5 cm³/mol. The molecule has 1 heterocycles. The largest absolute Gasteiger partial charge is 0.342 e. The molecule has 1 aromatic rings. The number of nitrogens with two attached hydrogens (primary N) is 1. The Morgan fingerprint density at radius 1 is 1.29 bits per heavy atom. The lowest BCUT2D eigenvalue weighted by molar-refractivity contribution is -0.128. The van der Waals surface area contributed by atoms with E-state index in [1.54, 1.807) is 6.92 Å². The molecule has 0 spiro atoms. The molecule has 1 aliphatic heterocycles. The molecule has 0 aliphatic carbocycles. The maximum absolute atomic E-state index is 11.4. The zero-order valence-electron chi connectivity index (χ0n) is 12.6. The Bertz CT molecular complexity index is 544. The van der Waals surface area contributed by atoms with Gasteiger partial charge in [-0.3, -0.25) is 9.69 Å². The average molecular weight is 285 g/mol. The molecule has 0 radical (unpaired) electrons. The molecule has 21 heavy (non-hydrogen) atoms. The van der Waals surface area contributed by atoms with Gasteiger partial charge in [-0.05, 0) is 24.1 Å². The molecule has 1 fully saturated rings. The van der Waals surface area contributed by atoms with Crippen LogP contribution in [0.15, 0.2) is 24.3 Å². The third kappa shape index (κ3) is 4.89. The molecule has 2 N–H and O–H groups in total. The lowest BCUT2D eigenvalue weighted by Crippen LogP contribution is -2.33. The molecule has 2 rings (SSSR count). The summed E-state index contributed by atoms with van der Waals surface area (Å²) in [5, 5.41) is 0. The summed E-state index contributed by atoms with van der Waals surface area (Å²) in [4.78, 5) is 15.8. The number of rotatable bonds is 2. The van der Waals surface area contributed by atoms with E-state index < -0.39 is 0 Å². The number of nitrogens with zero attached hydrogens (tertiary/aromatic N) is 2. The van der Waals surface area contributed by atoms with Crippen molar-refractivity contribution in [1.29, 1.82) is 0 Å². The molecule has 1 aromatic carbocycles. The first-order valence-electron chi connectivity index (χ1n) is 7.45. The molecule has 0 aromatic heterocycles. The van der Waals surface area contributed by atoms with Gasteiger partial charge in [0.15, 0.2) is 0 Å². The van der Waals surface area contributed by atoms with Gasteiger partial charge in [0.05, 0.1) is 6.54 Å². The standard InChI is InChI=1S/C17H23N3O/c1-15(21)20-10-4-9-19(11-12-20)14-17-6-2-5-16(13-17)7-3-8-18/h2,5-6,13H,4,8-12,14,18H2,1H3. The van der Waals surface area contributed by atoms with Crippen molar-refractivity contribution in [3.8, 4) is 11.8 Å². The van der Waals surface area contributed by atoms with Crippen LogP contribution >= 0.6 is 0 Å². The van der Waals surface area contributed by atoms with Gasteiger partial charge in [-0.15, -0.1) is 0 Å². The van der Waals surface area contributed by atoms with Gasteiger partial charge in [0.2, 0.25) is 5.91 Å². The van der Waals surface area contributed by atoms with Crippen LogP contribution in [0.1, 0.15) is 24.5 Å². The minimum Gasteiger partial charge on any atom is -0.342 e. The highest BCUT2D eigenvalue weighted by molar-refractivity contribution is 5.73. The summed E-state index contributed by atoms with van der Waals surface area (Å²) in [7, 11) is 0. The number of amides is 1. The summed E-state index contributed by atoms with van der Waals surface area (Å²) >= 11 is 0. The highest BCUT2D eigenvalue weighted by Crippen LogP contribution is 2.11. The van der Waals surface area contributed by atoms with Gasteiger partial charge >= 0.3 is 0 Å². The molecule has 4 heteroatoms. The van der Waals surface area contributed by atoms with Crippen LogP contribution in [-0.4, -0.2) is 48.4 Å². The van der Waals surface area contributed by atoms with E-state index in [2.05, 4.69) is 28.9 Å². The second kappa shape index (κ2) is 7.82. The smallest absolute Gasteiger partial charge is 0.219 e. The van der Waals surface area contributed by atoms with Gasteiger partial charge in [-0.25, -0.2) is 0 Å². The summed E-state index contributed by atoms with van der Waals surface area (Å²) in [6.07, 6.45) is 1.03. The van der Waals surface area contributed by atoms with Crippen molar-refractivity contribution in [3.63, 3.8) is 0 Å². The normalized spacial score (nSPS) is 16.0. The molecule has 1 amide bonds. The molecule has 1 aliphatic rings. The van der Waals surface area contributed by atoms with Crippen molar-refractivity contribution in [2.75, 3.05) is 32.7 Å². The van der Waals surface area contributed by atoms with E-state index in [9.17, 15) is 4.79 Å². The first-order valence-corrected chi connectivity index (χ1v) is 7.45. The number of hydrogen-bond donors (Lipinski definition) is 1. The van der Waals surface area contributed by atoms with Crippen LogP contribution < -0.4 is 5.73 Å². The number of carbonyl (C=O) groups is 1. The van der Waals surface area contributed by atoms with Crippen LogP contribution in [0.3, 0.4) is 0 Å².